The summed E-state index contributed by atoms with van der Waals surface area (Å²) in [6.45, 7) is 6.16. The van der Waals surface area contributed by atoms with E-state index in [4.69, 9.17) is 4.74 Å². The average molecular weight is 232 g/mol. The van der Waals surface area contributed by atoms with Gasteiger partial charge >= 0.3 is 6.09 Å². The summed E-state index contributed by atoms with van der Waals surface area (Å²) < 4.78 is 18.5. The van der Waals surface area contributed by atoms with Gasteiger partial charge in [0, 0.05) is 13.0 Å². The summed E-state index contributed by atoms with van der Waals surface area (Å²) in [5.41, 5.74) is -0.532. The topological polar surface area (TPSA) is 41.6 Å². The Balaban J connectivity index is 2.59. The third-order valence-corrected chi connectivity index (χ3v) is 2.43. The Hall–Kier alpha value is -0.840. The van der Waals surface area contributed by atoms with E-state index in [9.17, 15) is 9.18 Å². The zero-order chi connectivity index (χ0) is 12.3. The standard InChI is InChI=1S/C11H21FN2O2/c1-11(2,3)16-10(15)14-7-8(12)5-9(14)6-13-4/h8-9,13H,5-7H2,1-4H3/t8-,9-/m1/s1. The minimum absolute atomic E-state index is 0.102. The predicted octanol–water partition coefficient (Wildman–Crippen LogP) is 1.55. The van der Waals surface area contributed by atoms with Gasteiger partial charge in [0.15, 0.2) is 0 Å². The van der Waals surface area contributed by atoms with Crippen LogP contribution in [0.4, 0.5) is 9.18 Å². The molecule has 1 saturated heterocycles. The van der Waals surface area contributed by atoms with Crippen LogP contribution in [0.2, 0.25) is 0 Å². The predicted molar refractivity (Wildman–Crippen MR) is 60.2 cm³/mol. The maximum Gasteiger partial charge on any atom is 0.410 e. The van der Waals surface area contributed by atoms with Crippen molar-refractivity contribution in [2.45, 2.75) is 45.0 Å². The van der Waals surface area contributed by atoms with E-state index in [1.807, 2.05) is 0 Å². The fourth-order valence-electron chi connectivity index (χ4n) is 1.83. The van der Waals surface area contributed by atoms with Gasteiger partial charge in [0.05, 0.1) is 12.6 Å². The minimum Gasteiger partial charge on any atom is -0.444 e. The molecule has 94 valence electrons. The van der Waals surface area contributed by atoms with Gasteiger partial charge in [-0.15, -0.1) is 0 Å². The number of halogens is 1. The largest absolute Gasteiger partial charge is 0.444 e. The molecule has 0 aromatic carbocycles. The van der Waals surface area contributed by atoms with Gasteiger partial charge in [0.1, 0.15) is 11.8 Å². The van der Waals surface area contributed by atoms with Gasteiger partial charge in [-0.2, -0.15) is 0 Å². The van der Waals surface area contributed by atoms with Gasteiger partial charge < -0.3 is 15.0 Å². The summed E-state index contributed by atoms with van der Waals surface area (Å²) in [5, 5.41) is 2.96. The Labute approximate surface area is 96.1 Å². The first kappa shape index (κ1) is 13.2. The highest BCUT2D eigenvalue weighted by Gasteiger charge is 2.37. The van der Waals surface area contributed by atoms with Crippen molar-refractivity contribution in [2.75, 3.05) is 20.1 Å². The molecule has 0 aliphatic carbocycles. The van der Waals surface area contributed by atoms with E-state index >= 15 is 0 Å². The van der Waals surface area contributed by atoms with Crippen LogP contribution in [0.15, 0.2) is 0 Å². The molecule has 1 amide bonds. The maximum atomic E-state index is 13.3. The highest BCUT2D eigenvalue weighted by molar-refractivity contribution is 5.69. The lowest BCUT2D eigenvalue weighted by Crippen LogP contribution is -2.43. The zero-order valence-corrected chi connectivity index (χ0v) is 10.4. The van der Waals surface area contributed by atoms with E-state index in [1.165, 1.54) is 4.90 Å². The number of nitrogens with one attached hydrogen (secondary N) is 1. The van der Waals surface area contributed by atoms with Crippen molar-refractivity contribution < 1.29 is 13.9 Å². The Morgan fingerprint density at radius 2 is 2.19 bits per heavy atom. The third-order valence-electron chi connectivity index (χ3n) is 2.43. The van der Waals surface area contributed by atoms with Gasteiger partial charge in [-0.05, 0) is 27.8 Å². The van der Waals surface area contributed by atoms with Gasteiger partial charge in [-0.25, -0.2) is 9.18 Å². The van der Waals surface area contributed by atoms with Crippen molar-refractivity contribution in [2.24, 2.45) is 0 Å². The fraction of sp³-hybridized carbons (Fsp3) is 0.909. The second-order valence-corrected chi connectivity index (χ2v) is 5.18. The molecule has 1 heterocycles. The number of ether oxygens (including phenoxy) is 1. The number of carbonyl (C=O) groups excluding carboxylic acids is 1. The highest BCUT2D eigenvalue weighted by Crippen LogP contribution is 2.22. The van der Waals surface area contributed by atoms with E-state index in [2.05, 4.69) is 5.32 Å². The number of hydrogen-bond acceptors (Lipinski definition) is 3. The summed E-state index contributed by atoms with van der Waals surface area (Å²) in [6, 6.07) is -0.102. The van der Waals surface area contributed by atoms with E-state index < -0.39 is 17.9 Å². The number of amides is 1. The number of carbonyl (C=O) groups is 1. The number of nitrogens with zero attached hydrogens (tertiary/aromatic N) is 1. The monoisotopic (exact) mass is 232 g/mol. The molecule has 0 spiro atoms. The first-order chi connectivity index (χ1) is 7.33. The Bertz CT molecular complexity index is 253. The first-order valence-electron chi connectivity index (χ1n) is 5.62. The smallest absolute Gasteiger partial charge is 0.410 e. The van der Waals surface area contributed by atoms with Crippen molar-refractivity contribution in [1.82, 2.24) is 10.2 Å². The van der Waals surface area contributed by atoms with Crippen LogP contribution in [0.5, 0.6) is 0 Å². The summed E-state index contributed by atoms with van der Waals surface area (Å²) in [7, 11) is 1.79. The second-order valence-electron chi connectivity index (χ2n) is 5.18. The summed E-state index contributed by atoms with van der Waals surface area (Å²) in [6.07, 6.45) is -0.973. The number of rotatable bonds is 2. The maximum absolute atomic E-state index is 13.3. The average Bonchev–Trinajstić information content (AvgIpc) is 2.44. The van der Waals surface area contributed by atoms with Crippen LogP contribution in [0.25, 0.3) is 0 Å². The van der Waals surface area contributed by atoms with E-state index in [-0.39, 0.29) is 12.6 Å². The van der Waals surface area contributed by atoms with E-state index in [0.29, 0.717) is 13.0 Å². The summed E-state index contributed by atoms with van der Waals surface area (Å²) >= 11 is 0. The van der Waals surface area contributed by atoms with Crippen LogP contribution in [0.3, 0.4) is 0 Å². The third kappa shape index (κ3) is 3.63. The number of likely N-dealkylation sites (tertiary alicyclic amines) is 1. The Morgan fingerprint density at radius 3 is 2.69 bits per heavy atom. The van der Waals surface area contributed by atoms with Crippen LogP contribution in [0, 0.1) is 0 Å². The molecule has 1 fully saturated rings. The number of alkyl halides is 1. The molecule has 16 heavy (non-hydrogen) atoms. The van der Waals surface area contributed by atoms with Crippen LogP contribution in [-0.2, 0) is 4.74 Å². The molecule has 5 heteroatoms. The lowest BCUT2D eigenvalue weighted by molar-refractivity contribution is 0.0220. The summed E-state index contributed by atoms with van der Waals surface area (Å²) in [4.78, 5) is 13.3. The number of likely N-dealkylation sites (N-methyl/N-ethyl adjacent to an activating group) is 1. The van der Waals surface area contributed by atoms with Crippen molar-refractivity contribution in [3.63, 3.8) is 0 Å². The molecule has 0 bridgehead atoms. The van der Waals surface area contributed by atoms with Gasteiger partial charge in [-0.3, -0.25) is 0 Å². The van der Waals surface area contributed by atoms with Crippen LogP contribution >= 0.6 is 0 Å². The molecule has 0 unspecified atom stereocenters. The molecule has 0 saturated carbocycles. The normalized spacial score (nSPS) is 25.9. The molecule has 1 aliphatic heterocycles. The lowest BCUT2D eigenvalue weighted by atomic mass is 10.2. The van der Waals surface area contributed by atoms with Crippen molar-refractivity contribution in [3.05, 3.63) is 0 Å². The van der Waals surface area contributed by atoms with Gasteiger partial charge in [0.2, 0.25) is 0 Å². The Morgan fingerprint density at radius 1 is 1.56 bits per heavy atom. The first-order valence-corrected chi connectivity index (χ1v) is 5.62. The fourth-order valence-corrected chi connectivity index (χ4v) is 1.83. The highest BCUT2D eigenvalue weighted by atomic mass is 19.1. The molecule has 1 rings (SSSR count). The van der Waals surface area contributed by atoms with Gasteiger partial charge in [-0.1, -0.05) is 0 Å². The molecule has 0 aromatic heterocycles. The molecular formula is C11H21FN2O2. The zero-order valence-electron chi connectivity index (χ0n) is 10.4. The number of hydrogen-bond donors (Lipinski definition) is 1. The molecule has 1 aliphatic rings. The van der Waals surface area contributed by atoms with Crippen molar-refractivity contribution in [3.8, 4) is 0 Å². The molecule has 4 nitrogen and oxygen atoms in total. The summed E-state index contributed by atoms with van der Waals surface area (Å²) in [5.74, 6) is 0. The minimum atomic E-state index is -0.939. The van der Waals surface area contributed by atoms with E-state index in [1.54, 1.807) is 27.8 Å². The molecule has 1 N–H and O–H groups in total. The van der Waals surface area contributed by atoms with Crippen molar-refractivity contribution in [1.29, 1.82) is 0 Å². The molecular weight excluding hydrogens is 211 g/mol. The molecule has 0 aromatic rings. The van der Waals surface area contributed by atoms with Crippen LogP contribution < -0.4 is 5.32 Å². The SMILES string of the molecule is CNC[C@H]1C[C@@H](F)CN1C(=O)OC(C)(C)C. The molecule has 2 atom stereocenters. The molecule has 0 radical (unpaired) electrons. The quantitative estimate of drug-likeness (QED) is 0.785. The van der Waals surface area contributed by atoms with E-state index in [0.717, 1.165) is 0 Å². The van der Waals surface area contributed by atoms with Crippen LogP contribution in [0.1, 0.15) is 27.2 Å². The van der Waals surface area contributed by atoms with Crippen LogP contribution in [-0.4, -0.2) is 48.9 Å². The van der Waals surface area contributed by atoms with Gasteiger partial charge in [0.25, 0.3) is 0 Å². The van der Waals surface area contributed by atoms with Crippen molar-refractivity contribution >= 4 is 6.09 Å². The second kappa shape index (κ2) is 4.99. The Kier molecular flexibility index (Phi) is 4.13. The lowest BCUT2D eigenvalue weighted by Gasteiger charge is -2.28.